The fourth-order valence-electron chi connectivity index (χ4n) is 3.98. The Morgan fingerprint density at radius 1 is 0.974 bits per heavy atom. The van der Waals surface area contributed by atoms with Crippen LogP contribution in [0.15, 0.2) is 90.1 Å². The predicted octanol–water partition coefficient (Wildman–Crippen LogP) is 7.35. The molecule has 2 amide bonds. The average molecular weight is 564 g/mol. The van der Waals surface area contributed by atoms with Crippen LogP contribution < -0.4 is 15.4 Å². The van der Waals surface area contributed by atoms with Gasteiger partial charge < -0.3 is 15.4 Å². The number of nitrogens with one attached hydrogen (secondary N) is 2. The molecule has 0 aliphatic carbocycles. The van der Waals surface area contributed by atoms with E-state index in [2.05, 4.69) is 20.8 Å². The predicted molar refractivity (Wildman–Crippen MR) is 154 cm³/mol. The summed E-state index contributed by atoms with van der Waals surface area (Å²) in [5.74, 6) is 1.92. The van der Waals surface area contributed by atoms with Crippen LogP contribution >= 0.6 is 35.0 Å². The number of urea groups is 1. The first-order valence-electron chi connectivity index (χ1n) is 11.7. The second-order valence-electron chi connectivity index (χ2n) is 8.30. The van der Waals surface area contributed by atoms with E-state index in [4.69, 9.17) is 27.9 Å². The Bertz CT molecular complexity index is 1600. The lowest BCUT2D eigenvalue weighted by Crippen LogP contribution is -2.29. The molecule has 1 heterocycles. The third-order valence-electron chi connectivity index (χ3n) is 5.80. The van der Waals surface area contributed by atoms with E-state index in [1.807, 2.05) is 71.3 Å². The highest BCUT2D eigenvalue weighted by molar-refractivity contribution is 7.98. The van der Waals surface area contributed by atoms with E-state index in [9.17, 15) is 4.79 Å². The van der Waals surface area contributed by atoms with E-state index in [-0.39, 0.29) is 12.6 Å². The second-order valence-corrected chi connectivity index (χ2v) is 10.1. The molecule has 0 saturated carbocycles. The zero-order valence-corrected chi connectivity index (χ0v) is 22.6. The summed E-state index contributed by atoms with van der Waals surface area (Å²) in [6.07, 6.45) is 0. The maximum atomic E-state index is 12.8. The van der Waals surface area contributed by atoms with E-state index in [0.29, 0.717) is 32.5 Å². The molecular formula is C28H23Cl2N5O2S. The fraction of sp³-hybridized carbons (Fsp3) is 0.107. The summed E-state index contributed by atoms with van der Waals surface area (Å²) in [4.78, 5) is 12.8. The SMILES string of the molecule is COc1cccc(CSc2nnc(CNC(=O)Nc3cccc4ccccc34)n2-c2cc(Cl)ccc2Cl)c1. The van der Waals surface area contributed by atoms with Gasteiger partial charge in [-0.2, -0.15) is 0 Å². The van der Waals surface area contributed by atoms with Crippen LogP contribution in [0, 0.1) is 0 Å². The zero-order valence-electron chi connectivity index (χ0n) is 20.3. The van der Waals surface area contributed by atoms with Crippen LogP contribution in [0.2, 0.25) is 10.0 Å². The Hall–Kier alpha value is -3.72. The van der Waals surface area contributed by atoms with Gasteiger partial charge in [0, 0.05) is 16.2 Å². The maximum Gasteiger partial charge on any atom is 0.319 e. The van der Waals surface area contributed by atoms with Crippen LogP contribution in [-0.2, 0) is 12.3 Å². The normalized spacial score (nSPS) is 10.9. The van der Waals surface area contributed by atoms with Crippen molar-refractivity contribution in [3.8, 4) is 11.4 Å². The molecule has 0 atom stereocenters. The number of hydrogen-bond donors (Lipinski definition) is 2. The largest absolute Gasteiger partial charge is 0.497 e. The van der Waals surface area contributed by atoms with E-state index in [1.165, 1.54) is 11.8 Å². The van der Waals surface area contributed by atoms with Crippen molar-refractivity contribution in [1.29, 1.82) is 0 Å². The molecule has 1 aromatic heterocycles. The Morgan fingerprint density at radius 3 is 2.66 bits per heavy atom. The number of anilines is 1. The number of carbonyl (C=O) groups is 1. The molecule has 5 aromatic rings. The molecule has 7 nitrogen and oxygen atoms in total. The Morgan fingerprint density at radius 2 is 1.79 bits per heavy atom. The van der Waals surface area contributed by atoms with Crippen LogP contribution in [0.25, 0.3) is 16.5 Å². The van der Waals surface area contributed by atoms with Gasteiger partial charge in [-0.15, -0.1) is 10.2 Å². The third-order valence-corrected chi connectivity index (χ3v) is 7.35. The van der Waals surface area contributed by atoms with Crippen molar-refractivity contribution < 1.29 is 9.53 Å². The quantitative estimate of drug-likeness (QED) is 0.193. The Kier molecular flexibility index (Phi) is 8.03. The molecule has 0 aliphatic rings. The molecule has 0 bridgehead atoms. The minimum Gasteiger partial charge on any atom is -0.497 e. The minimum atomic E-state index is -0.362. The lowest BCUT2D eigenvalue weighted by atomic mass is 10.1. The van der Waals surface area contributed by atoms with Gasteiger partial charge in [-0.1, -0.05) is 83.5 Å². The van der Waals surface area contributed by atoms with Gasteiger partial charge in [-0.05, 0) is 47.3 Å². The lowest BCUT2D eigenvalue weighted by molar-refractivity contribution is 0.251. The number of halogens is 2. The standard InChI is InChI=1S/C28H23Cl2N5O2S/c1-37-21-9-4-6-18(14-21)17-38-28-34-33-26(35(28)25-15-20(29)12-13-23(25)30)16-31-27(36)32-24-11-5-8-19-7-2-3-10-22(19)24/h2-15H,16-17H2,1H3,(H2,31,32,36). The minimum absolute atomic E-state index is 0.117. The number of thioether (sulfide) groups is 1. The number of rotatable bonds is 8. The van der Waals surface area contributed by atoms with Crippen LogP contribution in [-0.4, -0.2) is 27.9 Å². The third kappa shape index (κ3) is 5.88. The van der Waals surface area contributed by atoms with E-state index >= 15 is 0 Å². The number of hydrogen-bond acceptors (Lipinski definition) is 5. The highest BCUT2D eigenvalue weighted by atomic mass is 35.5. The van der Waals surface area contributed by atoms with Crippen molar-refractivity contribution in [3.63, 3.8) is 0 Å². The van der Waals surface area contributed by atoms with Crippen LogP contribution in [0.5, 0.6) is 5.75 Å². The van der Waals surface area contributed by atoms with Crippen LogP contribution in [0.3, 0.4) is 0 Å². The molecule has 4 aromatic carbocycles. The number of methoxy groups -OCH3 is 1. The maximum absolute atomic E-state index is 12.8. The second kappa shape index (κ2) is 11.8. The van der Waals surface area contributed by atoms with Crippen molar-refractivity contribution in [2.45, 2.75) is 17.5 Å². The number of nitrogens with zero attached hydrogens (tertiary/aromatic N) is 3. The smallest absolute Gasteiger partial charge is 0.319 e. The summed E-state index contributed by atoms with van der Waals surface area (Å²) in [6.45, 7) is 0.117. The first kappa shape index (κ1) is 25.9. The number of carbonyl (C=O) groups excluding carboxylic acids is 1. The summed E-state index contributed by atoms with van der Waals surface area (Å²) < 4.78 is 7.15. The summed E-state index contributed by atoms with van der Waals surface area (Å²) in [5.41, 5.74) is 2.41. The summed E-state index contributed by atoms with van der Waals surface area (Å²) in [6, 6.07) is 26.3. The van der Waals surface area contributed by atoms with Crippen molar-refractivity contribution in [2.24, 2.45) is 0 Å². The molecule has 192 valence electrons. The van der Waals surface area contributed by atoms with Gasteiger partial charge in [-0.25, -0.2) is 4.79 Å². The molecule has 5 rings (SSSR count). The van der Waals surface area contributed by atoms with Crippen molar-refractivity contribution in [2.75, 3.05) is 12.4 Å². The average Bonchev–Trinajstić information content (AvgIpc) is 3.35. The summed E-state index contributed by atoms with van der Waals surface area (Å²) >= 11 is 14.3. The van der Waals surface area contributed by atoms with E-state index in [0.717, 1.165) is 27.8 Å². The van der Waals surface area contributed by atoms with Gasteiger partial charge in [0.25, 0.3) is 0 Å². The molecule has 0 saturated heterocycles. The van der Waals surface area contributed by atoms with Gasteiger partial charge in [0.15, 0.2) is 11.0 Å². The highest BCUT2D eigenvalue weighted by Gasteiger charge is 2.18. The van der Waals surface area contributed by atoms with Gasteiger partial charge in [-0.3, -0.25) is 4.57 Å². The summed E-state index contributed by atoms with van der Waals surface area (Å²) in [5, 5.41) is 18.2. The van der Waals surface area contributed by atoms with Crippen molar-refractivity contribution in [3.05, 3.63) is 106 Å². The topological polar surface area (TPSA) is 81.1 Å². The zero-order chi connectivity index (χ0) is 26.5. The molecular weight excluding hydrogens is 541 g/mol. The highest BCUT2D eigenvalue weighted by Crippen LogP contribution is 2.31. The number of aromatic nitrogens is 3. The lowest BCUT2D eigenvalue weighted by Gasteiger charge is -2.14. The molecule has 38 heavy (non-hydrogen) atoms. The first-order chi connectivity index (χ1) is 18.5. The Balaban J connectivity index is 1.37. The molecule has 0 spiro atoms. The van der Waals surface area contributed by atoms with Crippen molar-refractivity contribution in [1.82, 2.24) is 20.1 Å². The molecule has 0 fully saturated rings. The number of fused-ring (bicyclic) bond motifs is 1. The van der Waals surface area contributed by atoms with Crippen LogP contribution in [0.1, 0.15) is 11.4 Å². The molecule has 0 radical (unpaired) electrons. The Labute approximate surface area is 234 Å². The van der Waals surface area contributed by atoms with Gasteiger partial charge in [0.1, 0.15) is 5.75 Å². The molecule has 0 aliphatic heterocycles. The van der Waals surface area contributed by atoms with Gasteiger partial charge >= 0.3 is 6.03 Å². The van der Waals surface area contributed by atoms with Crippen LogP contribution in [0.4, 0.5) is 10.5 Å². The van der Waals surface area contributed by atoms with Gasteiger partial charge in [0.2, 0.25) is 0 Å². The van der Waals surface area contributed by atoms with Gasteiger partial charge in [0.05, 0.1) is 30.1 Å². The molecule has 0 unspecified atom stereocenters. The molecule has 2 N–H and O–H groups in total. The number of amides is 2. The number of benzene rings is 4. The number of ether oxygens (including phenoxy) is 1. The van der Waals surface area contributed by atoms with E-state index in [1.54, 1.807) is 25.3 Å². The first-order valence-corrected chi connectivity index (χ1v) is 13.4. The van der Waals surface area contributed by atoms with E-state index < -0.39 is 0 Å². The summed E-state index contributed by atoms with van der Waals surface area (Å²) in [7, 11) is 1.64. The van der Waals surface area contributed by atoms with Crippen molar-refractivity contribution >= 4 is 57.5 Å². The molecule has 10 heteroatoms. The fourth-order valence-corrected chi connectivity index (χ4v) is 5.25. The monoisotopic (exact) mass is 563 g/mol.